The average molecular weight is 256 g/mol. The fourth-order valence-electron chi connectivity index (χ4n) is 1.59. The fraction of sp³-hybridized carbons (Fsp3) is 0.933. The summed E-state index contributed by atoms with van der Waals surface area (Å²) in [6.45, 7) is 15.9. The van der Waals surface area contributed by atoms with Gasteiger partial charge in [-0.1, -0.05) is 41.0 Å². The standard InChI is InChI=1S/C15H32N2O/c1-8-9-12(4)17-14(18)13(5)16-10-15(6,7)11(2)3/h11-13,16H,8-10H2,1-7H3,(H,17,18). The van der Waals surface area contributed by atoms with Crippen LogP contribution < -0.4 is 10.6 Å². The number of amides is 1. The predicted octanol–water partition coefficient (Wildman–Crippen LogP) is 2.95. The van der Waals surface area contributed by atoms with Crippen LogP contribution in [0.2, 0.25) is 0 Å². The van der Waals surface area contributed by atoms with Crippen LogP contribution in [0.15, 0.2) is 0 Å². The fourth-order valence-corrected chi connectivity index (χ4v) is 1.59. The van der Waals surface area contributed by atoms with E-state index in [-0.39, 0.29) is 23.4 Å². The number of hydrogen-bond donors (Lipinski definition) is 2. The molecule has 0 bridgehead atoms. The van der Waals surface area contributed by atoms with E-state index in [1.165, 1.54) is 0 Å². The molecule has 0 aromatic heterocycles. The third-order valence-electron chi connectivity index (χ3n) is 3.93. The van der Waals surface area contributed by atoms with Gasteiger partial charge in [0.25, 0.3) is 0 Å². The second-order valence-corrected chi connectivity index (χ2v) is 6.44. The Hall–Kier alpha value is -0.570. The minimum atomic E-state index is -0.123. The topological polar surface area (TPSA) is 41.1 Å². The lowest BCUT2D eigenvalue weighted by atomic mass is 9.81. The lowest BCUT2D eigenvalue weighted by Crippen LogP contribution is -2.48. The largest absolute Gasteiger partial charge is 0.352 e. The number of hydrogen-bond acceptors (Lipinski definition) is 2. The van der Waals surface area contributed by atoms with E-state index in [4.69, 9.17) is 0 Å². The maximum atomic E-state index is 11.9. The summed E-state index contributed by atoms with van der Waals surface area (Å²) in [4.78, 5) is 11.9. The minimum Gasteiger partial charge on any atom is -0.352 e. The van der Waals surface area contributed by atoms with Crippen molar-refractivity contribution < 1.29 is 4.79 Å². The molecule has 2 unspecified atom stereocenters. The summed E-state index contributed by atoms with van der Waals surface area (Å²) in [6.07, 6.45) is 2.14. The lowest BCUT2D eigenvalue weighted by Gasteiger charge is -2.31. The highest BCUT2D eigenvalue weighted by Gasteiger charge is 2.24. The van der Waals surface area contributed by atoms with Gasteiger partial charge in [-0.15, -0.1) is 0 Å². The Morgan fingerprint density at radius 1 is 1.17 bits per heavy atom. The van der Waals surface area contributed by atoms with E-state index >= 15 is 0 Å². The van der Waals surface area contributed by atoms with Crippen molar-refractivity contribution in [1.29, 1.82) is 0 Å². The Kier molecular flexibility index (Phi) is 7.53. The van der Waals surface area contributed by atoms with E-state index in [0.29, 0.717) is 5.92 Å². The summed E-state index contributed by atoms with van der Waals surface area (Å²) in [5.74, 6) is 0.704. The third-order valence-corrected chi connectivity index (χ3v) is 3.93. The number of carbonyl (C=O) groups excluding carboxylic acids is 1. The minimum absolute atomic E-state index is 0.107. The van der Waals surface area contributed by atoms with Gasteiger partial charge >= 0.3 is 0 Å². The molecule has 1 amide bonds. The van der Waals surface area contributed by atoms with Crippen molar-refractivity contribution in [2.45, 2.75) is 73.4 Å². The van der Waals surface area contributed by atoms with Crippen LogP contribution in [0.5, 0.6) is 0 Å². The zero-order valence-corrected chi connectivity index (χ0v) is 13.3. The second-order valence-electron chi connectivity index (χ2n) is 6.44. The van der Waals surface area contributed by atoms with E-state index in [2.05, 4.69) is 52.2 Å². The molecule has 0 aliphatic carbocycles. The van der Waals surface area contributed by atoms with Crippen molar-refractivity contribution in [1.82, 2.24) is 10.6 Å². The van der Waals surface area contributed by atoms with Gasteiger partial charge in [0.1, 0.15) is 0 Å². The SMILES string of the molecule is CCCC(C)NC(=O)C(C)NCC(C)(C)C(C)C. The van der Waals surface area contributed by atoms with Crippen LogP contribution in [0.25, 0.3) is 0 Å². The van der Waals surface area contributed by atoms with Crippen molar-refractivity contribution in [2.75, 3.05) is 6.54 Å². The zero-order valence-electron chi connectivity index (χ0n) is 13.3. The Balaban J connectivity index is 4.09. The van der Waals surface area contributed by atoms with Crippen LogP contribution >= 0.6 is 0 Å². The van der Waals surface area contributed by atoms with Gasteiger partial charge in [-0.2, -0.15) is 0 Å². The van der Waals surface area contributed by atoms with Crippen LogP contribution in [-0.4, -0.2) is 24.5 Å². The lowest BCUT2D eigenvalue weighted by molar-refractivity contribution is -0.123. The highest BCUT2D eigenvalue weighted by Crippen LogP contribution is 2.24. The number of carbonyl (C=O) groups is 1. The summed E-state index contributed by atoms with van der Waals surface area (Å²) in [7, 11) is 0. The molecule has 0 spiro atoms. The van der Waals surface area contributed by atoms with Crippen LogP contribution in [0.3, 0.4) is 0 Å². The molecule has 0 aliphatic rings. The van der Waals surface area contributed by atoms with E-state index in [0.717, 1.165) is 19.4 Å². The molecule has 0 aromatic rings. The van der Waals surface area contributed by atoms with E-state index in [1.54, 1.807) is 0 Å². The third kappa shape index (κ3) is 6.39. The van der Waals surface area contributed by atoms with E-state index in [9.17, 15) is 4.79 Å². The van der Waals surface area contributed by atoms with Gasteiger partial charge in [0, 0.05) is 12.6 Å². The molecule has 2 N–H and O–H groups in total. The molecule has 3 heteroatoms. The van der Waals surface area contributed by atoms with Gasteiger partial charge in [-0.05, 0) is 31.6 Å². The molecule has 0 saturated heterocycles. The summed E-state index contributed by atoms with van der Waals surface area (Å²) in [6, 6.07) is 0.146. The zero-order chi connectivity index (χ0) is 14.3. The molecule has 0 heterocycles. The first-order valence-corrected chi connectivity index (χ1v) is 7.24. The van der Waals surface area contributed by atoms with E-state index in [1.807, 2.05) is 6.92 Å². The van der Waals surface area contributed by atoms with Crippen LogP contribution in [-0.2, 0) is 4.79 Å². The Bertz CT molecular complexity index is 249. The predicted molar refractivity (Wildman–Crippen MR) is 78.6 cm³/mol. The molecule has 0 radical (unpaired) electrons. The van der Waals surface area contributed by atoms with Crippen molar-refractivity contribution in [3.63, 3.8) is 0 Å². The van der Waals surface area contributed by atoms with Crippen LogP contribution in [0.4, 0.5) is 0 Å². The Labute approximate surface area is 113 Å². The average Bonchev–Trinajstić information content (AvgIpc) is 2.25. The highest BCUT2D eigenvalue weighted by molar-refractivity contribution is 5.81. The van der Waals surface area contributed by atoms with Gasteiger partial charge in [-0.3, -0.25) is 4.79 Å². The Morgan fingerprint density at radius 3 is 2.17 bits per heavy atom. The normalized spacial score (nSPS) is 15.6. The first kappa shape index (κ1) is 17.4. The summed E-state index contributed by atoms with van der Waals surface area (Å²) in [5, 5.41) is 6.38. The molecule has 108 valence electrons. The molecule has 18 heavy (non-hydrogen) atoms. The molecule has 3 nitrogen and oxygen atoms in total. The van der Waals surface area contributed by atoms with Crippen LogP contribution in [0.1, 0.15) is 61.3 Å². The summed E-state index contributed by atoms with van der Waals surface area (Å²) >= 11 is 0. The number of rotatable bonds is 8. The van der Waals surface area contributed by atoms with Crippen LogP contribution in [0, 0.1) is 11.3 Å². The highest BCUT2D eigenvalue weighted by atomic mass is 16.2. The van der Waals surface area contributed by atoms with Gasteiger partial charge in [0.05, 0.1) is 6.04 Å². The van der Waals surface area contributed by atoms with Gasteiger partial charge < -0.3 is 10.6 Å². The number of nitrogens with one attached hydrogen (secondary N) is 2. The first-order valence-electron chi connectivity index (χ1n) is 7.24. The molecular formula is C15H32N2O. The van der Waals surface area contributed by atoms with Gasteiger partial charge in [-0.25, -0.2) is 0 Å². The Morgan fingerprint density at radius 2 is 1.72 bits per heavy atom. The monoisotopic (exact) mass is 256 g/mol. The molecule has 0 aliphatic heterocycles. The van der Waals surface area contributed by atoms with Crippen molar-refractivity contribution in [3.05, 3.63) is 0 Å². The molecular weight excluding hydrogens is 224 g/mol. The molecule has 0 aromatic carbocycles. The summed E-state index contributed by atoms with van der Waals surface area (Å²) < 4.78 is 0. The molecule has 0 fully saturated rings. The van der Waals surface area contributed by atoms with Crippen molar-refractivity contribution in [3.8, 4) is 0 Å². The van der Waals surface area contributed by atoms with Crippen molar-refractivity contribution in [2.24, 2.45) is 11.3 Å². The maximum Gasteiger partial charge on any atom is 0.237 e. The van der Waals surface area contributed by atoms with E-state index < -0.39 is 0 Å². The molecule has 0 rings (SSSR count). The van der Waals surface area contributed by atoms with Gasteiger partial charge in [0.15, 0.2) is 0 Å². The first-order chi connectivity index (χ1) is 8.20. The smallest absolute Gasteiger partial charge is 0.237 e. The van der Waals surface area contributed by atoms with Crippen molar-refractivity contribution >= 4 is 5.91 Å². The second kappa shape index (κ2) is 7.78. The molecule has 0 saturated carbocycles. The molecule has 2 atom stereocenters. The maximum absolute atomic E-state index is 11.9. The quantitative estimate of drug-likeness (QED) is 0.701. The van der Waals surface area contributed by atoms with Gasteiger partial charge in [0.2, 0.25) is 5.91 Å². The summed E-state index contributed by atoms with van der Waals surface area (Å²) in [5.41, 5.74) is 0.212.